The van der Waals surface area contributed by atoms with E-state index in [1.54, 1.807) is 7.05 Å². The van der Waals surface area contributed by atoms with Crippen molar-refractivity contribution >= 4 is 22.7 Å². The molecule has 0 amide bonds. The second kappa shape index (κ2) is 5.18. The first-order chi connectivity index (χ1) is 9.90. The number of aromatic nitrogens is 1. The largest absolute Gasteiger partial charge is 0.419 e. The zero-order valence-corrected chi connectivity index (χ0v) is 13.4. The highest BCUT2D eigenvalue weighted by Crippen LogP contribution is 2.44. The van der Waals surface area contributed by atoms with Gasteiger partial charge in [0.15, 0.2) is 5.58 Å². The second-order valence-corrected chi connectivity index (χ2v) is 6.51. The Morgan fingerprint density at radius 2 is 1.95 bits per heavy atom. The third kappa shape index (κ3) is 2.30. The third-order valence-corrected chi connectivity index (χ3v) is 5.33. The van der Waals surface area contributed by atoms with Crippen LogP contribution < -0.4 is 5.76 Å². The third-order valence-electron chi connectivity index (χ3n) is 4.79. The van der Waals surface area contributed by atoms with Crippen LogP contribution in [0.4, 0.5) is 0 Å². The Kier molecular flexibility index (Phi) is 3.62. The molecular formula is C16H20ClNO3. The molecular weight excluding hydrogens is 290 g/mol. The predicted molar refractivity (Wildman–Crippen MR) is 82.7 cm³/mol. The van der Waals surface area contributed by atoms with Crippen LogP contribution >= 0.6 is 11.6 Å². The molecule has 1 aromatic heterocycles. The monoisotopic (exact) mass is 309 g/mol. The molecule has 0 bridgehead atoms. The minimum Gasteiger partial charge on any atom is -0.408 e. The number of alkyl halides is 1. The summed E-state index contributed by atoms with van der Waals surface area (Å²) in [4.78, 5) is 11.6. The number of oxazole rings is 1. The smallest absolute Gasteiger partial charge is 0.408 e. The van der Waals surface area contributed by atoms with Crippen molar-refractivity contribution in [2.45, 2.75) is 38.4 Å². The fourth-order valence-electron chi connectivity index (χ4n) is 3.34. The van der Waals surface area contributed by atoms with Gasteiger partial charge in [0.25, 0.3) is 0 Å². The maximum Gasteiger partial charge on any atom is 0.419 e. The van der Waals surface area contributed by atoms with Gasteiger partial charge in [-0.25, -0.2) is 4.79 Å². The number of fused-ring (bicyclic) bond motifs is 1. The van der Waals surface area contributed by atoms with Gasteiger partial charge in [0.05, 0.1) is 23.1 Å². The van der Waals surface area contributed by atoms with E-state index in [1.807, 2.05) is 18.2 Å². The molecule has 4 nitrogen and oxygen atoms in total. The van der Waals surface area contributed by atoms with E-state index in [-0.39, 0.29) is 29.3 Å². The van der Waals surface area contributed by atoms with Crippen LogP contribution in [0.2, 0.25) is 0 Å². The quantitative estimate of drug-likeness (QED) is 0.798. The van der Waals surface area contributed by atoms with E-state index in [4.69, 9.17) is 20.8 Å². The Morgan fingerprint density at radius 1 is 1.24 bits per heavy atom. The van der Waals surface area contributed by atoms with Gasteiger partial charge < -0.3 is 9.15 Å². The van der Waals surface area contributed by atoms with Crippen molar-refractivity contribution in [2.75, 3.05) is 0 Å². The lowest BCUT2D eigenvalue weighted by Crippen LogP contribution is -2.22. The lowest BCUT2D eigenvalue weighted by molar-refractivity contribution is 0.0508. The standard InChI is InChI=1S/C16H20ClNO3/c1-8-9(2)20-10(3)14(8)15(17)11-5-6-12-13(7-11)21-16(19)18(12)4/h5-10,14-15H,1-4H3. The SMILES string of the molecule is CC1OC(C)C(C(Cl)c2ccc3c(c2)oc(=O)n3C)C1C. The minimum absolute atomic E-state index is 0.121. The summed E-state index contributed by atoms with van der Waals surface area (Å²) in [7, 11) is 1.70. The Balaban J connectivity index is 1.98. The molecule has 1 aliphatic heterocycles. The van der Waals surface area contributed by atoms with Gasteiger partial charge in [0.1, 0.15) is 0 Å². The number of hydrogen-bond donors (Lipinski definition) is 0. The van der Waals surface area contributed by atoms with Crippen molar-refractivity contribution in [1.82, 2.24) is 4.57 Å². The molecule has 0 saturated carbocycles. The van der Waals surface area contributed by atoms with Gasteiger partial charge in [-0.3, -0.25) is 4.57 Å². The lowest BCUT2D eigenvalue weighted by Gasteiger charge is -2.24. The lowest BCUT2D eigenvalue weighted by atomic mass is 9.84. The van der Waals surface area contributed by atoms with Crippen molar-refractivity contribution in [3.05, 3.63) is 34.3 Å². The number of hydrogen-bond acceptors (Lipinski definition) is 3. The number of rotatable bonds is 2. The summed E-state index contributed by atoms with van der Waals surface area (Å²) in [6, 6.07) is 5.73. The summed E-state index contributed by atoms with van der Waals surface area (Å²) < 4.78 is 12.6. The van der Waals surface area contributed by atoms with Crippen molar-refractivity contribution in [1.29, 1.82) is 0 Å². The maximum atomic E-state index is 11.6. The highest BCUT2D eigenvalue weighted by atomic mass is 35.5. The van der Waals surface area contributed by atoms with E-state index >= 15 is 0 Å². The van der Waals surface area contributed by atoms with E-state index in [0.717, 1.165) is 11.1 Å². The number of benzene rings is 1. The molecule has 3 rings (SSSR count). The van der Waals surface area contributed by atoms with Crippen molar-refractivity contribution in [2.24, 2.45) is 18.9 Å². The molecule has 1 aromatic carbocycles. The molecule has 114 valence electrons. The van der Waals surface area contributed by atoms with E-state index in [2.05, 4.69) is 20.8 Å². The Morgan fingerprint density at radius 3 is 2.57 bits per heavy atom. The molecule has 0 N–H and O–H groups in total. The molecule has 1 aliphatic rings. The van der Waals surface area contributed by atoms with Gasteiger partial charge in [-0.05, 0) is 37.5 Å². The van der Waals surface area contributed by atoms with Gasteiger partial charge in [-0.15, -0.1) is 11.6 Å². The zero-order valence-electron chi connectivity index (χ0n) is 12.7. The first-order valence-electron chi connectivity index (χ1n) is 7.29. The number of halogens is 1. The number of aryl methyl sites for hydroxylation is 1. The van der Waals surface area contributed by atoms with Crippen LogP contribution in [0.3, 0.4) is 0 Å². The summed E-state index contributed by atoms with van der Waals surface area (Å²) in [5.41, 5.74) is 2.34. The maximum absolute atomic E-state index is 11.6. The van der Waals surface area contributed by atoms with Crippen molar-refractivity contribution < 1.29 is 9.15 Å². The molecule has 0 aliphatic carbocycles. The molecule has 0 spiro atoms. The van der Waals surface area contributed by atoms with Gasteiger partial charge in [-0.1, -0.05) is 13.0 Å². The fraction of sp³-hybridized carbons (Fsp3) is 0.562. The molecule has 0 radical (unpaired) electrons. The molecule has 5 heteroatoms. The molecule has 1 saturated heterocycles. The summed E-state index contributed by atoms with van der Waals surface area (Å²) in [6.07, 6.45) is 0.334. The summed E-state index contributed by atoms with van der Waals surface area (Å²) >= 11 is 6.71. The Labute approximate surface area is 128 Å². The van der Waals surface area contributed by atoms with E-state index < -0.39 is 0 Å². The first kappa shape index (κ1) is 14.7. The number of nitrogens with zero attached hydrogens (tertiary/aromatic N) is 1. The van der Waals surface area contributed by atoms with Crippen molar-refractivity contribution in [3.63, 3.8) is 0 Å². The Hall–Kier alpha value is -1.26. The van der Waals surface area contributed by atoms with Gasteiger partial charge in [0, 0.05) is 13.0 Å². The van der Waals surface area contributed by atoms with E-state index in [1.165, 1.54) is 4.57 Å². The van der Waals surface area contributed by atoms with Crippen LogP contribution in [0.25, 0.3) is 11.1 Å². The van der Waals surface area contributed by atoms with Gasteiger partial charge >= 0.3 is 5.76 Å². The van der Waals surface area contributed by atoms with Crippen LogP contribution in [0, 0.1) is 11.8 Å². The Bertz CT molecular complexity index is 720. The van der Waals surface area contributed by atoms with Crippen LogP contribution in [-0.4, -0.2) is 16.8 Å². The average Bonchev–Trinajstić information content (AvgIpc) is 2.86. The zero-order chi connectivity index (χ0) is 15.3. The second-order valence-electron chi connectivity index (χ2n) is 6.04. The highest BCUT2D eigenvalue weighted by molar-refractivity contribution is 6.21. The van der Waals surface area contributed by atoms with Crippen LogP contribution in [-0.2, 0) is 11.8 Å². The normalized spacial score (nSPS) is 30.9. The van der Waals surface area contributed by atoms with Crippen LogP contribution in [0.5, 0.6) is 0 Å². The number of ether oxygens (including phenoxy) is 1. The molecule has 5 atom stereocenters. The van der Waals surface area contributed by atoms with Gasteiger partial charge in [0.2, 0.25) is 0 Å². The van der Waals surface area contributed by atoms with Crippen LogP contribution in [0.1, 0.15) is 31.7 Å². The molecule has 5 unspecified atom stereocenters. The predicted octanol–water partition coefficient (Wildman–Crippen LogP) is 3.47. The molecule has 2 aromatic rings. The highest BCUT2D eigenvalue weighted by Gasteiger charge is 2.41. The van der Waals surface area contributed by atoms with Gasteiger partial charge in [-0.2, -0.15) is 0 Å². The minimum atomic E-state index is -0.354. The van der Waals surface area contributed by atoms with E-state index in [0.29, 0.717) is 11.5 Å². The average molecular weight is 310 g/mol. The molecule has 2 heterocycles. The topological polar surface area (TPSA) is 44.4 Å². The summed E-state index contributed by atoms with van der Waals surface area (Å²) in [5, 5.41) is -0.158. The van der Waals surface area contributed by atoms with E-state index in [9.17, 15) is 4.79 Å². The fourth-order valence-corrected chi connectivity index (χ4v) is 3.91. The molecule has 21 heavy (non-hydrogen) atoms. The summed E-state index contributed by atoms with van der Waals surface area (Å²) in [6.45, 7) is 6.33. The first-order valence-corrected chi connectivity index (χ1v) is 7.72. The van der Waals surface area contributed by atoms with Crippen molar-refractivity contribution in [3.8, 4) is 0 Å². The van der Waals surface area contributed by atoms with Crippen LogP contribution in [0.15, 0.2) is 27.4 Å². The summed E-state index contributed by atoms with van der Waals surface area (Å²) in [5.74, 6) is 0.281. The molecule has 1 fully saturated rings.